The van der Waals surface area contributed by atoms with Gasteiger partial charge in [-0.3, -0.25) is 0 Å². The Morgan fingerprint density at radius 1 is 1.42 bits per heavy atom. The predicted octanol–water partition coefficient (Wildman–Crippen LogP) is 3.04. The molecule has 2 aromatic rings. The van der Waals surface area contributed by atoms with E-state index in [4.69, 9.17) is 21.1 Å². The van der Waals surface area contributed by atoms with Crippen LogP contribution < -0.4 is 0 Å². The molecule has 0 saturated heterocycles. The molecule has 19 heavy (non-hydrogen) atoms. The zero-order valence-corrected chi connectivity index (χ0v) is 13.8. The van der Waals surface area contributed by atoms with Crippen molar-refractivity contribution < 1.29 is 9.47 Å². The van der Waals surface area contributed by atoms with Crippen LogP contribution in [0.25, 0.3) is 11.0 Å². The van der Waals surface area contributed by atoms with E-state index in [1.54, 1.807) is 14.2 Å². The Hall–Kier alpha value is -0.370. The van der Waals surface area contributed by atoms with E-state index >= 15 is 0 Å². The monoisotopic (exact) mass is 394 g/mol. The lowest BCUT2D eigenvalue weighted by atomic mass is 10.3. The molecule has 104 valence electrons. The van der Waals surface area contributed by atoms with Crippen LogP contribution in [0.4, 0.5) is 0 Å². The van der Waals surface area contributed by atoms with E-state index in [2.05, 4.69) is 50.3 Å². The van der Waals surface area contributed by atoms with Gasteiger partial charge in [-0.05, 0) is 40.8 Å². The smallest absolute Gasteiger partial charge is 0.124 e. The van der Waals surface area contributed by atoms with Crippen LogP contribution in [0.3, 0.4) is 0 Å². The fraction of sp³-hybridized carbons (Fsp3) is 0.462. The molecule has 1 aromatic carbocycles. The molecule has 0 aliphatic carbocycles. The number of halogens is 2. The van der Waals surface area contributed by atoms with Gasteiger partial charge in [0.15, 0.2) is 0 Å². The Bertz CT molecular complexity index is 559. The molecule has 1 aromatic heterocycles. The van der Waals surface area contributed by atoms with Gasteiger partial charge in [0.25, 0.3) is 0 Å². The minimum atomic E-state index is -0.0105. The van der Waals surface area contributed by atoms with Gasteiger partial charge in [0.05, 0.1) is 36.2 Å². The summed E-state index contributed by atoms with van der Waals surface area (Å²) in [5.41, 5.74) is 2.05. The van der Waals surface area contributed by atoms with Gasteiger partial charge >= 0.3 is 0 Å². The van der Waals surface area contributed by atoms with E-state index in [1.807, 2.05) is 0 Å². The minimum Gasteiger partial charge on any atom is -0.382 e. The standard InChI is InChI=1S/C13H16ClIN2O2/c1-18-8-10(19-2)7-17-12-4-3-9(15)5-11(12)16-13(17)6-14/h3-5,10H,6-8H2,1-2H3. The predicted molar refractivity (Wildman–Crippen MR) is 84.7 cm³/mol. The van der Waals surface area contributed by atoms with Crippen LogP contribution in [0.15, 0.2) is 18.2 Å². The zero-order chi connectivity index (χ0) is 13.8. The summed E-state index contributed by atoms with van der Waals surface area (Å²) in [6.07, 6.45) is -0.0105. The Morgan fingerprint density at radius 2 is 2.21 bits per heavy atom. The first kappa shape index (κ1) is 15.0. The summed E-state index contributed by atoms with van der Waals surface area (Å²) in [7, 11) is 3.36. The second-order valence-corrected chi connectivity index (χ2v) is 5.73. The van der Waals surface area contributed by atoms with Crippen molar-refractivity contribution in [2.45, 2.75) is 18.5 Å². The number of aromatic nitrogens is 2. The SMILES string of the molecule is COCC(Cn1c(CCl)nc2cc(I)ccc21)OC. The summed E-state index contributed by atoms with van der Waals surface area (Å²) in [5, 5.41) is 0. The molecule has 0 fully saturated rings. The average Bonchev–Trinajstić information content (AvgIpc) is 2.75. The number of methoxy groups -OCH3 is 2. The first-order valence-electron chi connectivity index (χ1n) is 5.92. The van der Waals surface area contributed by atoms with Crippen LogP contribution in [0, 0.1) is 3.57 Å². The van der Waals surface area contributed by atoms with Gasteiger partial charge in [0.1, 0.15) is 5.82 Å². The molecule has 0 saturated carbocycles. The maximum atomic E-state index is 5.99. The number of rotatable bonds is 6. The number of alkyl halides is 1. The van der Waals surface area contributed by atoms with Gasteiger partial charge in [-0.2, -0.15) is 0 Å². The highest BCUT2D eigenvalue weighted by Crippen LogP contribution is 2.21. The van der Waals surface area contributed by atoms with Gasteiger partial charge in [-0.1, -0.05) is 0 Å². The topological polar surface area (TPSA) is 36.3 Å². The van der Waals surface area contributed by atoms with E-state index < -0.39 is 0 Å². The molecule has 0 aliphatic rings. The van der Waals surface area contributed by atoms with Gasteiger partial charge in [-0.25, -0.2) is 4.98 Å². The molecular formula is C13H16ClIN2O2. The third-order valence-electron chi connectivity index (χ3n) is 2.98. The molecule has 4 nitrogen and oxygen atoms in total. The van der Waals surface area contributed by atoms with Crippen molar-refractivity contribution in [2.75, 3.05) is 20.8 Å². The fourth-order valence-corrected chi connectivity index (χ4v) is 2.72. The fourth-order valence-electron chi connectivity index (χ4n) is 2.04. The van der Waals surface area contributed by atoms with E-state index in [1.165, 1.54) is 0 Å². The van der Waals surface area contributed by atoms with Crippen LogP contribution in [0.1, 0.15) is 5.82 Å². The van der Waals surface area contributed by atoms with Crippen molar-refractivity contribution in [1.29, 1.82) is 0 Å². The number of fused-ring (bicyclic) bond motifs is 1. The van der Waals surface area contributed by atoms with Crippen LogP contribution >= 0.6 is 34.2 Å². The molecule has 0 amide bonds. The Balaban J connectivity index is 2.39. The third-order valence-corrected chi connectivity index (χ3v) is 3.89. The molecule has 1 atom stereocenters. The summed E-state index contributed by atoms with van der Waals surface area (Å²) in [6.45, 7) is 1.23. The molecule has 1 heterocycles. The van der Waals surface area contributed by atoms with E-state index in [9.17, 15) is 0 Å². The van der Waals surface area contributed by atoms with Crippen molar-refractivity contribution in [2.24, 2.45) is 0 Å². The number of hydrogen-bond donors (Lipinski definition) is 0. The lowest BCUT2D eigenvalue weighted by Gasteiger charge is -2.17. The average molecular weight is 395 g/mol. The van der Waals surface area contributed by atoms with Crippen LogP contribution in [0.5, 0.6) is 0 Å². The molecular weight excluding hydrogens is 379 g/mol. The summed E-state index contributed by atoms with van der Waals surface area (Å²) >= 11 is 8.27. The number of imidazole rings is 1. The Morgan fingerprint density at radius 3 is 2.84 bits per heavy atom. The summed E-state index contributed by atoms with van der Waals surface area (Å²) < 4.78 is 13.8. The van der Waals surface area contributed by atoms with Gasteiger partial charge in [-0.15, -0.1) is 11.6 Å². The molecule has 6 heteroatoms. The van der Waals surface area contributed by atoms with Gasteiger partial charge < -0.3 is 14.0 Å². The number of ether oxygens (including phenoxy) is 2. The maximum Gasteiger partial charge on any atom is 0.124 e. The van der Waals surface area contributed by atoms with Crippen LogP contribution in [0.2, 0.25) is 0 Å². The molecule has 0 spiro atoms. The third kappa shape index (κ3) is 3.39. The normalized spacial score (nSPS) is 13.1. The van der Waals surface area contributed by atoms with Crippen LogP contribution in [-0.2, 0) is 21.9 Å². The lowest BCUT2D eigenvalue weighted by Crippen LogP contribution is -2.24. The van der Waals surface area contributed by atoms with E-state index in [0.717, 1.165) is 20.4 Å². The second-order valence-electron chi connectivity index (χ2n) is 4.22. The van der Waals surface area contributed by atoms with Gasteiger partial charge in [0, 0.05) is 17.8 Å². The molecule has 0 aliphatic heterocycles. The van der Waals surface area contributed by atoms with Crippen molar-refractivity contribution in [3.63, 3.8) is 0 Å². The highest BCUT2D eigenvalue weighted by atomic mass is 127. The Kier molecular flexibility index (Phi) is 5.44. The number of nitrogens with zero attached hydrogens (tertiary/aromatic N) is 2. The second kappa shape index (κ2) is 6.88. The quantitative estimate of drug-likeness (QED) is 0.558. The number of benzene rings is 1. The van der Waals surface area contributed by atoms with E-state index in [-0.39, 0.29) is 6.10 Å². The van der Waals surface area contributed by atoms with Gasteiger partial charge in [0.2, 0.25) is 0 Å². The molecule has 0 radical (unpaired) electrons. The maximum absolute atomic E-state index is 5.99. The molecule has 1 unspecified atom stereocenters. The first-order chi connectivity index (χ1) is 9.19. The van der Waals surface area contributed by atoms with Crippen LogP contribution in [-0.4, -0.2) is 36.5 Å². The highest BCUT2D eigenvalue weighted by Gasteiger charge is 2.15. The van der Waals surface area contributed by atoms with Crippen molar-refractivity contribution in [1.82, 2.24) is 9.55 Å². The van der Waals surface area contributed by atoms with Crippen molar-refractivity contribution in [3.8, 4) is 0 Å². The minimum absolute atomic E-state index is 0.0105. The molecule has 0 N–H and O–H groups in total. The summed E-state index contributed by atoms with van der Waals surface area (Å²) in [6, 6.07) is 6.19. The zero-order valence-electron chi connectivity index (χ0n) is 10.9. The summed E-state index contributed by atoms with van der Waals surface area (Å²) in [5.74, 6) is 1.24. The molecule has 0 bridgehead atoms. The highest BCUT2D eigenvalue weighted by molar-refractivity contribution is 14.1. The summed E-state index contributed by atoms with van der Waals surface area (Å²) in [4.78, 5) is 4.57. The Labute approximate surface area is 131 Å². The first-order valence-corrected chi connectivity index (χ1v) is 7.53. The van der Waals surface area contributed by atoms with Crippen molar-refractivity contribution >= 4 is 45.2 Å². The van der Waals surface area contributed by atoms with Crippen molar-refractivity contribution in [3.05, 3.63) is 27.6 Å². The lowest BCUT2D eigenvalue weighted by molar-refractivity contribution is 0.0186. The van der Waals surface area contributed by atoms with E-state index in [0.29, 0.717) is 19.0 Å². The molecule has 2 rings (SSSR count). The largest absolute Gasteiger partial charge is 0.382 e. The number of hydrogen-bond acceptors (Lipinski definition) is 3.